The first-order valence-electron chi connectivity index (χ1n) is 7.84. The van der Waals surface area contributed by atoms with Crippen LogP contribution in [-0.2, 0) is 22.4 Å². The van der Waals surface area contributed by atoms with Gasteiger partial charge in [-0.05, 0) is 37.1 Å². The SMILES string of the molecule is O=S1(=O)CC2(CCN(C[C@H](O)Cc3ccc(C(F)(F)F)cc3)C2)C1. The minimum Gasteiger partial charge on any atom is -0.391 e. The number of rotatable bonds is 4. The van der Waals surface area contributed by atoms with Crippen molar-refractivity contribution >= 4 is 9.84 Å². The normalized spacial score (nSPS) is 24.0. The number of alkyl halides is 3. The van der Waals surface area contributed by atoms with Crippen LogP contribution in [0.3, 0.4) is 0 Å². The number of aliphatic hydroxyl groups excluding tert-OH is 1. The summed E-state index contributed by atoms with van der Waals surface area (Å²) < 4.78 is 60.3. The largest absolute Gasteiger partial charge is 0.416 e. The molecular formula is C16H20F3NO3S. The van der Waals surface area contributed by atoms with Crippen molar-refractivity contribution in [2.24, 2.45) is 5.41 Å². The number of likely N-dealkylation sites (tertiary alicyclic amines) is 1. The van der Waals surface area contributed by atoms with E-state index in [2.05, 4.69) is 0 Å². The summed E-state index contributed by atoms with van der Waals surface area (Å²) in [5, 5.41) is 10.2. The van der Waals surface area contributed by atoms with Gasteiger partial charge in [-0.3, -0.25) is 0 Å². The number of nitrogens with zero attached hydrogens (tertiary/aromatic N) is 1. The second-order valence-electron chi connectivity index (χ2n) is 7.07. The number of halogens is 3. The quantitative estimate of drug-likeness (QED) is 0.885. The van der Waals surface area contributed by atoms with Crippen LogP contribution >= 0.6 is 0 Å². The summed E-state index contributed by atoms with van der Waals surface area (Å²) in [6.45, 7) is 1.82. The zero-order chi connectivity index (χ0) is 17.6. The highest BCUT2D eigenvalue weighted by Crippen LogP contribution is 2.41. The molecule has 1 N–H and O–H groups in total. The number of hydrogen-bond donors (Lipinski definition) is 1. The highest BCUT2D eigenvalue weighted by atomic mass is 32.2. The molecular weight excluding hydrogens is 343 g/mol. The Morgan fingerprint density at radius 2 is 1.83 bits per heavy atom. The fourth-order valence-electron chi connectivity index (χ4n) is 3.77. The van der Waals surface area contributed by atoms with Gasteiger partial charge in [0.25, 0.3) is 0 Å². The molecule has 1 atom stereocenters. The minimum atomic E-state index is -4.36. The molecule has 1 aromatic rings. The Morgan fingerprint density at radius 1 is 1.21 bits per heavy atom. The van der Waals surface area contributed by atoms with Gasteiger partial charge in [-0.2, -0.15) is 13.2 Å². The molecule has 0 saturated carbocycles. The topological polar surface area (TPSA) is 57.6 Å². The van der Waals surface area contributed by atoms with Crippen LogP contribution < -0.4 is 0 Å². The lowest BCUT2D eigenvalue weighted by molar-refractivity contribution is -0.137. The molecule has 0 bridgehead atoms. The van der Waals surface area contributed by atoms with Crippen LogP contribution in [0.1, 0.15) is 17.5 Å². The van der Waals surface area contributed by atoms with Crippen molar-refractivity contribution in [3.05, 3.63) is 35.4 Å². The van der Waals surface area contributed by atoms with Crippen molar-refractivity contribution in [1.29, 1.82) is 0 Å². The molecule has 0 unspecified atom stereocenters. The zero-order valence-electron chi connectivity index (χ0n) is 13.1. The summed E-state index contributed by atoms with van der Waals surface area (Å²) in [6, 6.07) is 4.81. The van der Waals surface area contributed by atoms with Crippen LogP contribution in [0.15, 0.2) is 24.3 Å². The molecule has 0 amide bonds. The van der Waals surface area contributed by atoms with Crippen LogP contribution in [0.25, 0.3) is 0 Å². The Kier molecular flexibility index (Phi) is 4.42. The molecule has 0 aromatic heterocycles. The molecule has 2 fully saturated rings. The summed E-state index contributed by atoms with van der Waals surface area (Å²) in [4.78, 5) is 2.05. The smallest absolute Gasteiger partial charge is 0.391 e. The van der Waals surface area contributed by atoms with Gasteiger partial charge in [-0.1, -0.05) is 12.1 Å². The second-order valence-corrected chi connectivity index (χ2v) is 9.13. The van der Waals surface area contributed by atoms with E-state index in [0.29, 0.717) is 18.7 Å². The third kappa shape index (κ3) is 3.92. The third-order valence-electron chi connectivity index (χ3n) is 4.79. The third-order valence-corrected chi connectivity index (χ3v) is 6.90. The van der Waals surface area contributed by atoms with Crippen LogP contribution in [0.2, 0.25) is 0 Å². The molecule has 1 aromatic carbocycles. The maximum atomic E-state index is 12.5. The van der Waals surface area contributed by atoms with E-state index in [1.807, 2.05) is 4.90 Å². The van der Waals surface area contributed by atoms with Crippen molar-refractivity contribution in [2.45, 2.75) is 25.1 Å². The van der Waals surface area contributed by atoms with Crippen LogP contribution in [0, 0.1) is 5.41 Å². The predicted molar refractivity (Wildman–Crippen MR) is 83.3 cm³/mol. The molecule has 0 radical (unpaired) electrons. The molecule has 0 aliphatic carbocycles. The van der Waals surface area contributed by atoms with Crippen LogP contribution in [0.4, 0.5) is 13.2 Å². The molecule has 24 heavy (non-hydrogen) atoms. The van der Waals surface area contributed by atoms with E-state index >= 15 is 0 Å². The van der Waals surface area contributed by atoms with Gasteiger partial charge in [0.2, 0.25) is 0 Å². The fraction of sp³-hybridized carbons (Fsp3) is 0.625. The van der Waals surface area contributed by atoms with Crippen molar-refractivity contribution in [2.75, 3.05) is 31.1 Å². The Bertz CT molecular complexity index is 688. The molecule has 2 heterocycles. The molecule has 134 valence electrons. The van der Waals surface area contributed by atoms with E-state index in [1.54, 1.807) is 0 Å². The van der Waals surface area contributed by atoms with Crippen molar-refractivity contribution in [3.63, 3.8) is 0 Å². The van der Waals surface area contributed by atoms with E-state index in [0.717, 1.165) is 25.1 Å². The van der Waals surface area contributed by atoms with E-state index < -0.39 is 27.7 Å². The summed E-state index contributed by atoms with van der Waals surface area (Å²) in [5.41, 5.74) is -0.198. The first-order valence-corrected chi connectivity index (χ1v) is 9.66. The second kappa shape index (κ2) is 6.00. The van der Waals surface area contributed by atoms with Crippen LogP contribution in [-0.4, -0.2) is 55.7 Å². The summed E-state index contributed by atoms with van der Waals surface area (Å²) in [7, 11) is -2.87. The van der Waals surface area contributed by atoms with Crippen molar-refractivity contribution in [1.82, 2.24) is 4.90 Å². The van der Waals surface area contributed by atoms with Gasteiger partial charge < -0.3 is 10.0 Å². The number of hydrogen-bond acceptors (Lipinski definition) is 4. The van der Waals surface area contributed by atoms with Gasteiger partial charge >= 0.3 is 6.18 Å². The Labute approximate surface area is 139 Å². The number of benzene rings is 1. The van der Waals surface area contributed by atoms with Gasteiger partial charge in [-0.25, -0.2) is 8.42 Å². The molecule has 1 spiro atoms. The lowest BCUT2D eigenvalue weighted by Crippen LogP contribution is -2.50. The zero-order valence-corrected chi connectivity index (χ0v) is 13.9. The maximum Gasteiger partial charge on any atom is 0.416 e. The van der Waals surface area contributed by atoms with E-state index in [1.165, 1.54) is 12.1 Å². The number of sulfone groups is 1. The van der Waals surface area contributed by atoms with Gasteiger partial charge in [0, 0.05) is 18.5 Å². The van der Waals surface area contributed by atoms with E-state index in [4.69, 9.17) is 0 Å². The molecule has 2 aliphatic heterocycles. The molecule has 8 heteroatoms. The monoisotopic (exact) mass is 363 g/mol. The highest BCUT2D eigenvalue weighted by Gasteiger charge is 2.51. The maximum absolute atomic E-state index is 12.5. The first kappa shape index (κ1) is 17.7. The van der Waals surface area contributed by atoms with Gasteiger partial charge in [-0.15, -0.1) is 0 Å². The van der Waals surface area contributed by atoms with Crippen molar-refractivity contribution in [3.8, 4) is 0 Å². The average molecular weight is 363 g/mol. The molecule has 4 nitrogen and oxygen atoms in total. The molecule has 3 rings (SSSR count). The van der Waals surface area contributed by atoms with Gasteiger partial charge in [0.15, 0.2) is 9.84 Å². The Hall–Kier alpha value is -1.12. The van der Waals surface area contributed by atoms with E-state index in [-0.39, 0.29) is 23.3 Å². The first-order chi connectivity index (χ1) is 11.1. The van der Waals surface area contributed by atoms with Gasteiger partial charge in [0.1, 0.15) is 0 Å². The molecule has 2 saturated heterocycles. The average Bonchev–Trinajstić information content (AvgIpc) is 2.79. The summed E-state index contributed by atoms with van der Waals surface area (Å²) in [5.74, 6) is 0.455. The van der Waals surface area contributed by atoms with E-state index in [9.17, 15) is 26.7 Å². The fourth-order valence-corrected chi connectivity index (χ4v) is 6.03. The lowest BCUT2D eigenvalue weighted by Gasteiger charge is -2.37. The number of β-amino-alcohol motifs (C(OH)–C–C–N with tert-alkyl or cyclic N) is 1. The minimum absolute atomic E-state index is 0.146. The summed E-state index contributed by atoms with van der Waals surface area (Å²) >= 11 is 0. The Balaban J connectivity index is 1.50. The number of aliphatic hydroxyl groups is 1. The van der Waals surface area contributed by atoms with Crippen LogP contribution in [0.5, 0.6) is 0 Å². The highest BCUT2D eigenvalue weighted by molar-refractivity contribution is 7.92. The lowest BCUT2D eigenvalue weighted by atomic mass is 9.91. The van der Waals surface area contributed by atoms with Gasteiger partial charge in [0.05, 0.1) is 23.2 Å². The summed E-state index contributed by atoms with van der Waals surface area (Å²) in [6.07, 6.45) is -3.95. The van der Waals surface area contributed by atoms with Crippen molar-refractivity contribution < 1.29 is 26.7 Å². The molecule has 2 aliphatic rings. The standard InChI is InChI=1S/C16H20F3NO3S/c17-16(18,19)13-3-1-12(2-4-13)7-14(21)8-20-6-5-15(9-20)10-24(22,23)11-15/h1-4,14,21H,5-11H2/t14-/m1/s1. The Morgan fingerprint density at radius 3 is 2.38 bits per heavy atom. The predicted octanol–water partition coefficient (Wildman–Crippen LogP) is 1.73.